The molecule has 144 valence electrons. The predicted molar refractivity (Wildman–Crippen MR) is 23.2 cm³/mol. The Labute approximate surface area is 390 Å². The Balaban J connectivity index is -0.00000000349. The van der Waals surface area contributed by atoms with Crippen molar-refractivity contribution in [2.45, 2.75) is 0 Å². The van der Waals surface area contributed by atoms with Crippen LogP contribution < -0.4 is 0 Å². The molecule has 0 bridgehead atoms. The first kappa shape index (κ1) is 110. The van der Waals surface area contributed by atoms with E-state index >= 15 is 0 Å². The zero-order valence-corrected chi connectivity index (χ0v) is 63.4. The fourth-order valence-corrected chi connectivity index (χ4v) is 0.554. The topological polar surface area (TPSA) is 62.0 Å². The van der Waals surface area contributed by atoms with E-state index < -0.39 is 0 Å². The summed E-state index contributed by atoms with van der Waals surface area (Å²) in [6, 6.07) is 0. The summed E-state index contributed by atoms with van der Waals surface area (Å²) in [5, 5.41) is 12.0. The van der Waals surface area contributed by atoms with Gasteiger partial charge in [0.2, 0.25) is 0 Å². The molecule has 0 aromatic carbocycles. The molecule has 22 heteroatoms. The Bertz CT molecular complexity index is 203. The standard InChI is InChI=1S/C3HN2O2.18W/c4-5-3(7)1-2-6;;;;;;;;;;;;;;;;;;/h(H,5,7);;;;;;;;;;;;;;;;;;/q-1;;;;;;;;;;;;;;;;;;. The summed E-state index contributed by atoms with van der Waals surface area (Å²) in [7, 11) is 0. The van der Waals surface area contributed by atoms with Gasteiger partial charge in [0.15, 0.2) is 0 Å². The predicted octanol–water partition coefficient (Wildman–Crippen LogP) is -0.623. The quantitative estimate of drug-likeness (QED) is 0.178. The van der Waals surface area contributed by atoms with Crippen molar-refractivity contribution in [3.8, 4) is 0 Å². The van der Waals surface area contributed by atoms with Crippen molar-refractivity contribution in [3.05, 3.63) is 0 Å². The normalized spacial score (nSPS) is 3.92. The average molecular weight is 3410 g/mol. The van der Waals surface area contributed by atoms with Gasteiger partial charge < -0.3 is 0 Å². The van der Waals surface area contributed by atoms with Crippen molar-refractivity contribution >= 4 is 16.1 Å². The molecule has 0 aliphatic carbocycles. The van der Waals surface area contributed by atoms with Gasteiger partial charge in [-0.15, -0.1) is 0 Å². The average Bonchev–Trinajstić information content (AvgIpc) is 2.07. The van der Waals surface area contributed by atoms with E-state index in [1.807, 2.05) is 0 Å². The summed E-state index contributed by atoms with van der Waals surface area (Å²) in [5.74, 6) is -0.324. The molecule has 0 aliphatic heterocycles. The summed E-state index contributed by atoms with van der Waals surface area (Å²) in [5.41, 5.74) is 0. The monoisotopic (exact) mass is 3410 g/mol. The Kier molecular flexibility index (Phi) is 444. The molecular weight excluding hydrogens is 3410 g/mol. The van der Waals surface area contributed by atoms with Crippen molar-refractivity contribution in [3.63, 3.8) is 0 Å². The van der Waals surface area contributed by atoms with Gasteiger partial charge in [-0.3, -0.25) is 0 Å². The Morgan fingerprint density at radius 1 is 0.680 bits per heavy atom. The van der Waals surface area contributed by atoms with Gasteiger partial charge in [0.1, 0.15) is 0 Å². The van der Waals surface area contributed by atoms with Crippen LogP contribution in [-0.2, 0) is 371 Å². The maximum atomic E-state index is 9.80. The number of rotatable bonds is 3. The molecule has 0 heterocycles. The van der Waals surface area contributed by atoms with Crippen LogP contribution >= 0.6 is 0 Å². The second-order valence-electron chi connectivity index (χ2n) is 0.936. The van der Waals surface area contributed by atoms with Crippen LogP contribution in [-0.4, -0.2) is 21.2 Å². The van der Waals surface area contributed by atoms with Crippen LogP contribution in [0, 0.1) is 0 Å². The minimum atomic E-state index is -0.324. The molecule has 0 radical (unpaired) electrons. The minimum absolute atomic E-state index is 0. The van der Waals surface area contributed by atoms with E-state index in [1.165, 1.54) is 6.29 Å². The van der Waals surface area contributed by atoms with E-state index in [0.717, 1.165) is 39.0 Å². The molecule has 0 aromatic heterocycles. The number of hydrogen-bond acceptors (Lipinski definition) is 3. The Hall–Kier alpha value is 11.2. The molecule has 0 fully saturated rings. The van der Waals surface area contributed by atoms with E-state index in [-0.39, 0.29) is 305 Å². The van der Waals surface area contributed by atoms with Crippen LogP contribution in [0.3, 0.4) is 0 Å². The fraction of sp³-hybridized carbons (Fsp3) is 0. The summed E-state index contributed by atoms with van der Waals surface area (Å²) in [4.78, 5) is 9.80. The van der Waals surface area contributed by atoms with E-state index in [2.05, 4.69) is 8.71 Å². The zero-order chi connectivity index (χ0) is 9.28. The molecule has 1 N–H and O–H groups in total. The molecule has 4 nitrogen and oxygen atoms in total. The molecule has 0 rings (SSSR count). The van der Waals surface area contributed by atoms with E-state index in [9.17, 15) is 4.79 Å². The van der Waals surface area contributed by atoms with Crippen LogP contribution in [0.15, 0.2) is 8.71 Å². The number of aliphatic hydroxyl groups is 1. The molecule has 0 aliphatic rings. The number of nitrogens with zero attached hydrogens (tertiary/aromatic N) is 2. The molecule has 0 atom stereocenters. The third-order valence-electron chi connectivity index (χ3n) is 0.431. The van der Waals surface area contributed by atoms with Gasteiger partial charge in [0.25, 0.3) is 0 Å². The fourth-order valence-electron chi connectivity index (χ4n) is 0.130. The van der Waals surface area contributed by atoms with Gasteiger partial charge in [0, 0.05) is 295 Å². The summed E-state index contributed by atoms with van der Waals surface area (Å²) in [6.07, 6.45) is 1.52. The second-order valence-corrected chi connectivity index (χ2v) is 2.99. The first-order valence-corrected chi connectivity index (χ1v) is 15.7. The van der Waals surface area contributed by atoms with Crippen LogP contribution in [0.1, 0.15) is 0 Å². The first-order chi connectivity index (χ1) is 5.22. The van der Waals surface area contributed by atoms with Crippen molar-refractivity contribution in [2.24, 2.45) is 8.71 Å². The van der Waals surface area contributed by atoms with Crippen LogP contribution in [0.4, 0.5) is 0 Å². The van der Waals surface area contributed by atoms with Gasteiger partial charge in [-0.05, 0) is 0 Å². The van der Waals surface area contributed by atoms with E-state index in [0.29, 0.717) is 0 Å². The van der Waals surface area contributed by atoms with Crippen molar-refractivity contribution in [1.29, 1.82) is 0 Å². The molecule has 0 amide bonds. The van der Waals surface area contributed by atoms with Gasteiger partial charge in [0.05, 0.1) is 0 Å². The van der Waals surface area contributed by atoms with Gasteiger partial charge in [-0.1, -0.05) is 0 Å². The molecule has 25 heavy (non-hydrogen) atoms. The Morgan fingerprint density at radius 3 is 1.00 bits per heavy atom. The van der Waals surface area contributed by atoms with Crippen molar-refractivity contribution in [2.75, 3.05) is 0 Å². The molecule has 0 spiro atoms. The number of aliphatic hydroxyl groups excluding tert-OH is 1. The third kappa shape index (κ3) is 95.1. The van der Waals surface area contributed by atoms with Gasteiger partial charge >= 0.3 is 106 Å². The van der Waals surface area contributed by atoms with Gasteiger partial charge in [-0.2, -0.15) is 0 Å². The molecular formula is C3HN2O2W18-. The number of carbonyl (C=O) groups excluding carboxylic acids is 1. The Morgan fingerprint density at radius 2 is 0.880 bits per heavy atom. The number of hydrogen-bond donors (Lipinski definition) is 1. The van der Waals surface area contributed by atoms with Crippen LogP contribution in [0.2, 0.25) is 0 Å². The van der Waals surface area contributed by atoms with E-state index in [1.54, 1.807) is 32.4 Å². The SMILES string of the molecule is O=[C-][C](=[W])C(O)=N[N]=[W].[W].[W].[W].[W].[W].[W].[W].[W].[W].[W].[W].[W].[W].[W].[W]=[W]. The molecule has 0 unspecified atom stereocenters. The molecule has 0 saturated heterocycles. The summed E-state index contributed by atoms with van der Waals surface area (Å²) < 4.78 is 3.49. The second kappa shape index (κ2) is 101. The van der Waals surface area contributed by atoms with Crippen LogP contribution in [0.5, 0.6) is 0 Å². The van der Waals surface area contributed by atoms with Crippen LogP contribution in [0.25, 0.3) is 0 Å². The van der Waals surface area contributed by atoms with E-state index in [4.69, 9.17) is 5.11 Å². The van der Waals surface area contributed by atoms with Crippen molar-refractivity contribution < 1.29 is 376 Å². The summed E-state index contributed by atoms with van der Waals surface area (Å²) >= 11 is 5.05. The maximum absolute atomic E-state index is 9.80. The zero-order valence-electron chi connectivity index (χ0n) is 10.6. The first-order valence-electron chi connectivity index (χ1n) is 1.90. The molecule has 0 aromatic rings. The third-order valence-corrected chi connectivity index (χ3v) is 1.68. The summed E-state index contributed by atoms with van der Waals surface area (Å²) in [6.45, 7) is 0. The van der Waals surface area contributed by atoms with Crippen molar-refractivity contribution in [1.82, 2.24) is 0 Å². The van der Waals surface area contributed by atoms with Gasteiger partial charge in [-0.25, -0.2) is 0 Å². The molecule has 0 saturated carbocycles.